The molecule has 122 valence electrons. The first-order valence-corrected chi connectivity index (χ1v) is 8.40. The molecule has 0 amide bonds. The van der Waals surface area contributed by atoms with Gasteiger partial charge in [0.25, 0.3) is 0 Å². The first-order valence-electron chi connectivity index (χ1n) is 8.40. The average Bonchev–Trinajstić information content (AvgIpc) is 3.04. The smallest absolute Gasteiger partial charge is 0.0623 e. The highest BCUT2D eigenvalue weighted by Gasteiger charge is 2.28. The van der Waals surface area contributed by atoms with E-state index in [9.17, 15) is 0 Å². The second kappa shape index (κ2) is 8.25. The molecule has 1 aliphatic rings. The van der Waals surface area contributed by atoms with E-state index in [4.69, 9.17) is 4.74 Å². The summed E-state index contributed by atoms with van der Waals surface area (Å²) in [6, 6.07) is 21.9. The van der Waals surface area contributed by atoms with Gasteiger partial charge in [0.05, 0.1) is 13.2 Å². The van der Waals surface area contributed by atoms with Gasteiger partial charge in [0, 0.05) is 31.6 Å². The molecule has 0 saturated carbocycles. The summed E-state index contributed by atoms with van der Waals surface area (Å²) in [6.07, 6.45) is 0. The predicted octanol–water partition coefficient (Wildman–Crippen LogP) is 2.92. The highest BCUT2D eigenvalue weighted by Crippen LogP contribution is 2.18. The van der Waals surface area contributed by atoms with Crippen LogP contribution in [0, 0.1) is 5.92 Å². The van der Waals surface area contributed by atoms with Crippen molar-refractivity contribution in [3.63, 3.8) is 0 Å². The molecule has 2 aromatic carbocycles. The summed E-state index contributed by atoms with van der Waals surface area (Å²) in [5.74, 6) is 0.549. The van der Waals surface area contributed by atoms with Crippen molar-refractivity contribution in [3.8, 4) is 0 Å². The van der Waals surface area contributed by atoms with Crippen LogP contribution in [0.25, 0.3) is 0 Å². The maximum Gasteiger partial charge on any atom is 0.0623 e. The molecule has 0 aromatic heterocycles. The summed E-state index contributed by atoms with van der Waals surface area (Å²) in [7, 11) is 2.03. The zero-order chi connectivity index (χ0) is 15.9. The van der Waals surface area contributed by atoms with Gasteiger partial charge in [-0.05, 0) is 18.2 Å². The summed E-state index contributed by atoms with van der Waals surface area (Å²) in [6.45, 7) is 4.68. The molecule has 1 heterocycles. The number of nitrogens with zero attached hydrogens (tertiary/aromatic N) is 1. The van der Waals surface area contributed by atoms with E-state index >= 15 is 0 Å². The second-order valence-corrected chi connectivity index (χ2v) is 6.33. The van der Waals surface area contributed by atoms with E-state index in [-0.39, 0.29) is 0 Å². The molecule has 3 nitrogen and oxygen atoms in total. The van der Waals surface area contributed by atoms with Crippen LogP contribution in [0.3, 0.4) is 0 Å². The maximum atomic E-state index is 5.67. The van der Waals surface area contributed by atoms with Gasteiger partial charge in [0.2, 0.25) is 0 Å². The molecule has 0 spiro atoms. The Balaban J connectivity index is 1.70. The van der Waals surface area contributed by atoms with Gasteiger partial charge in [0.15, 0.2) is 0 Å². The first kappa shape index (κ1) is 16.2. The molecular formula is C20H26N2O. The molecule has 1 saturated heterocycles. The van der Waals surface area contributed by atoms with E-state index in [1.54, 1.807) is 0 Å². The number of ether oxygens (including phenoxy) is 1. The minimum Gasteiger partial charge on any atom is -0.379 e. The van der Waals surface area contributed by atoms with Crippen LogP contribution in [-0.4, -0.2) is 37.7 Å². The summed E-state index contributed by atoms with van der Waals surface area (Å²) in [5.41, 5.74) is 2.73. The Hall–Kier alpha value is -1.68. The minimum atomic E-state index is 0.462. The van der Waals surface area contributed by atoms with Gasteiger partial charge in [-0.3, -0.25) is 4.90 Å². The van der Waals surface area contributed by atoms with Crippen LogP contribution in [0.5, 0.6) is 0 Å². The van der Waals surface area contributed by atoms with Gasteiger partial charge in [0.1, 0.15) is 0 Å². The van der Waals surface area contributed by atoms with Crippen LogP contribution in [0.4, 0.5) is 0 Å². The molecule has 1 fully saturated rings. The van der Waals surface area contributed by atoms with E-state index in [1.807, 2.05) is 7.05 Å². The van der Waals surface area contributed by atoms with Crippen LogP contribution in [-0.2, 0) is 17.8 Å². The number of benzene rings is 2. The molecular weight excluding hydrogens is 284 g/mol. The zero-order valence-corrected chi connectivity index (χ0v) is 13.8. The van der Waals surface area contributed by atoms with Gasteiger partial charge >= 0.3 is 0 Å². The molecule has 0 radical (unpaired) electrons. The van der Waals surface area contributed by atoms with Crippen molar-refractivity contribution >= 4 is 0 Å². The number of rotatable bonds is 7. The van der Waals surface area contributed by atoms with Gasteiger partial charge < -0.3 is 10.1 Å². The van der Waals surface area contributed by atoms with E-state index < -0.39 is 0 Å². The van der Waals surface area contributed by atoms with Gasteiger partial charge in [-0.25, -0.2) is 0 Å². The SMILES string of the molecule is CNC1COCC1CN(Cc1ccccc1)Cc1ccccc1. The minimum absolute atomic E-state index is 0.462. The normalized spacial score (nSPS) is 21.0. The van der Waals surface area contributed by atoms with E-state index in [2.05, 4.69) is 70.9 Å². The summed E-state index contributed by atoms with van der Waals surface area (Å²) in [4.78, 5) is 2.54. The van der Waals surface area contributed by atoms with E-state index in [0.29, 0.717) is 12.0 Å². The fourth-order valence-corrected chi connectivity index (χ4v) is 3.30. The summed E-state index contributed by atoms with van der Waals surface area (Å²) < 4.78 is 5.67. The third kappa shape index (κ3) is 4.64. The fourth-order valence-electron chi connectivity index (χ4n) is 3.30. The predicted molar refractivity (Wildman–Crippen MR) is 94.2 cm³/mol. The van der Waals surface area contributed by atoms with Crippen LogP contribution in [0.15, 0.2) is 60.7 Å². The van der Waals surface area contributed by atoms with Crippen LogP contribution >= 0.6 is 0 Å². The summed E-state index contributed by atoms with van der Waals surface area (Å²) >= 11 is 0. The summed E-state index contributed by atoms with van der Waals surface area (Å²) in [5, 5.41) is 3.40. The van der Waals surface area contributed by atoms with Gasteiger partial charge in [-0.1, -0.05) is 60.7 Å². The molecule has 3 rings (SSSR count). The van der Waals surface area contributed by atoms with Crippen molar-refractivity contribution in [2.45, 2.75) is 19.1 Å². The molecule has 1 aliphatic heterocycles. The molecule has 3 heteroatoms. The van der Waals surface area contributed by atoms with Gasteiger partial charge in [-0.2, -0.15) is 0 Å². The Morgan fingerprint density at radius 2 is 1.48 bits per heavy atom. The first-order chi connectivity index (χ1) is 11.3. The Morgan fingerprint density at radius 3 is 2.00 bits per heavy atom. The number of nitrogens with one attached hydrogen (secondary N) is 1. The topological polar surface area (TPSA) is 24.5 Å². The van der Waals surface area contributed by atoms with Crippen LogP contribution in [0.1, 0.15) is 11.1 Å². The van der Waals surface area contributed by atoms with E-state index in [1.165, 1.54) is 11.1 Å². The number of likely N-dealkylation sites (N-methyl/N-ethyl adjacent to an activating group) is 1. The highest BCUT2D eigenvalue weighted by molar-refractivity contribution is 5.17. The van der Waals surface area contributed by atoms with Crippen molar-refractivity contribution in [1.82, 2.24) is 10.2 Å². The quantitative estimate of drug-likeness (QED) is 0.851. The molecule has 23 heavy (non-hydrogen) atoms. The largest absolute Gasteiger partial charge is 0.379 e. The molecule has 2 aromatic rings. The third-order valence-electron chi connectivity index (χ3n) is 4.56. The lowest BCUT2D eigenvalue weighted by Gasteiger charge is -2.28. The van der Waals surface area contributed by atoms with Crippen molar-refractivity contribution in [3.05, 3.63) is 71.8 Å². The molecule has 0 aliphatic carbocycles. The fraction of sp³-hybridized carbons (Fsp3) is 0.400. The Kier molecular flexibility index (Phi) is 5.81. The lowest BCUT2D eigenvalue weighted by molar-refractivity contribution is 0.161. The van der Waals surface area contributed by atoms with Crippen molar-refractivity contribution < 1.29 is 4.74 Å². The Labute approximate surface area is 139 Å². The van der Waals surface area contributed by atoms with Crippen LogP contribution in [0.2, 0.25) is 0 Å². The molecule has 1 N–H and O–H groups in total. The monoisotopic (exact) mass is 310 g/mol. The van der Waals surface area contributed by atoms with E-state index in [0.717, 1.165) is 32.8 Å². The molecule has 2 atom stereocenters. The Morgan fingerprint density at radius 1 is 0.913 bits per heavy atom. The number of hydrogen-bond donors (Lipinski definition) is 1. The maximum absolute atomic E-state index is 5.67. The third-order valence-corrected chi connectivity index (χ3v) is 4.56. The average molecular weight is 310 g/mol. The lowest BCUT2D eigenvalue weighted by Crippen LogP contribution is -2.39. The zero-order valence-electron chi connectivity index (χ0n) is 13.8. The van der Waals surface area contributed by atoms with Crippen molar-refractivity contribution in [1.29, 1.82) is 0 Å². The lowest BCUT2D eigenvalue weighted by atomic mass is 10.0. The highest BCUT2D eigenvalue weighted by atomic mass is 16.5. The molecule has 0 bridgehead atoms. The second-order valence-electron chi connectivity index (χ2n) is 6.33. The van der Waals surface area contributed by atoms with Gasteiger partial charge in [-0.15, -0.1) is 0 Å². The van der Waals surface area contributed by atoms with Crippen LogP contribution < -0.4 is 5.32 Å². The van der Waals surface area contributed by atoms with Crippen molar-refractivity contribution in [2.24, 2.45) is 5.92 Å². The van der Waals surface area contributed by atoms with Crippen molar-refractivity contribution in [2.75, 3.05) is 26.8 Å². The Bertz CT molecular complexity index is 531. The number of hydrogen-bond acceptors (Lipinski definition) is 3. The molecule has 2 unspecified atom stereocenters. The standard InChI is InChI=1S/C20H26N2O/c1-21-20-16-23-15-19(20)14-22(12-17-8-4-2-5-9-17)13-18-10-6-3-7-11-18/h2-11,19-21H,12-16H2,1H3.